The molecule has 21 heavy (non-hydrogen) atoms. The van der Waals surface area contributed by atoms with Crippen molar-refractivity contribution in [1.82, 2.24) is 4.98 Å². The van der Waals surface area contributed by atoms with Gasteiger partial charge < -0.3 is 4.42 Å². The summed E-state index contributed by atoms with van der Waals surface area (Å²) < 4.78 is 56.7. The van der Waals surface area contributed by atoms with Gasteiger partial charge in [0.2, 0.25) is 0 Å². The first-order valence-electron chi connectivity index (χ1n) is 5.77. The number of benzene rings is 1. The summed E-state index contributed by atoms with van der Waals surface area (Å²) in [4.78, 5) is 3.81. The molecule has 2 nitrogen and oxygen atoms in total. The molecule has 3 aromatic rings. The van der Waals surface area contributed by atoms with Crippen LogP contribution in [0.15, 0.2) is 40.8 Å². The lowest BCUT2D eigenvalue weighted by Crippen LogP contribution is -2.05. The summed E-state index contributed by atoms with van der Waals surface area (Å²) in [6.07, 6.45) is -4.54. The number of halogens is 5. The Balaban J connectivity index is 2.16. The smallest absolute Gasteiger partial charge is 0.416 e. The van der Waals surface area contributed by atoms with E-state index in [1.807, 2.05) is 0 Å². The molecule has 0 aliphatic carbocycles. The molecule has 0 fully saturated rings. The molecule has 2 aromatic heterocycles. The Kier molecular flexibility index (Phi) is 3.13. The highest BCUT2D eigenvalue weighted by molar-refractivity contribution is 6.29. The van der Waals surface area contributed by atoms with Gasteiger partial charge in [0.25, 0.3) is 0 Å². The quantitative estimate of drug-likeness (QED) is 0.449. The van der Waals surface area contributed by atoms with Gasteiger partial charge in [-0.2, -0.15) is 13.2 Å². The van der Waals surface area contributed by atoms with E-state index in [9.17, 15) is 17.6 Å². The Bertz CT molecular complexity index is 825. The number of rotatable bonds is 1. The van der Waals surface area contributed by atoms with Crippen molar-refractivity contribution in [1.29, 1.82) is 0 Å². The summed E-state index contributed by atoms with van der Waals surface area (Å²) in [5, 5.41) is 0.131. The van der Waals surface area contributed by atoms with E-state index in [2.05, 4.69) is 4.98 Å². The maximum Gasteiger partial charge on any atom is 0.416 e. The zero-order valence-electron chi connectivity index (χ0n) is 10.2. The van der Waals surface area contributed by atoms with Crippen molar-refractivity contribution in [2.24, 2.45) is 0 Å². The van der Waals surface area contributed by atoms with Gasteiger partial charge in [-0.25, -0.2) is 9.37 Å². The van der Waals surface area contributed by atoms with Gasteiger partial charge in [0, 0.05) is 5.39 Å². The molecular weight excluding hydrogens is 310 g/mol. The van der Waals surface area contributed by atoms with Gasteiger partial charge in [-0.1, -0.05) is 11.6 Å². The van der Waals surface area contributed by atoms with Crippen LogP contribution in [0.4, 0.5) is 17.6 Å². The summed E-state index contributed by atoms with van der Waals surface area (Å²) in [5.41, 5.74) is -0.641. The van der Waals surface area contributed by atoms with Crippen LogP contribution in [0.2, 0.25) is 5.15 Å². The second kappa shape index (κ2) is 4.73. The van der Waals surface area contributed by atoms with Gasteiger partial charge in [-0.3, -0.25) is 0 Å². The monoisotopic (exact) mass is 315 g/mol. The maximum atomic E-state index is 13.1. The fraction of sp³-hybridized carbons (Fsp3) is 0.0714. The van der Waals surface area contributed by atoms with Crippen molar-refractivity contribution in [3.8, 4) is 11.5 Å². The van der Waals surface area contributed by atoms with Gasteiger partial charge in [0.1, 0.15) is 22.2 Å². The second-order valence-corrected chi connectivity index (χ2v) is 4.74. The van der Waals surface area contributed by atoms with Gasteiger partial charge in [0.05, 0.1) is 5.56 Å². The summed E-state index contributed by atoms with van der Waals surface area (Å²) in [6, 6.07) is 6.79. The number of furan rings is 1. The standard InChI is InChI=1S/C14H6ClF4NO/c15-13-6-8(14(17,18)19)5-10(20-13)12-4-7-3-9(16)1-2-11(7)21-12/h1-6H. The van der Waals surface area contributed by atoms with Crippen molar-refractivity contribution in [2.75, 3.05) is 0 Å². The molecule has 0 saturated heterocycles. The predicted molar refractivity (Wildman–Crippen MR) is 69.4 cm³/mol. The first-order valence-corrected chi connectivity index (χ1v) is 6.15. The van der Waals surface area contributed by atoms with E-state index in [4.69, 9.17) is 16.0 Å². The molecule has 0 saturated carbocycles. The average molecular weight is 316 g/mol. The molecule has 0 aliphatic heterocycles. The molecule has 0 radical (unpaired) electrons. The third-order valence-corrected chi connectivity index (χ3v) is 3.05. The third-order valence-electron chi connectivity index (χ3n) is 2.85. The highest BCUT2D eigenvalue weighted by atomic mass is 35.5. The van der Waals surface area contributed by atoms with Crippen LogP contribution in [0.5, 0.6) is 0 Å². The third kappa shape index (κ3) is 2.71. The molecular formula is C14H6ClF4NO. The SMILES string of the molecule is Fc1ccc2oc(-c3cc(C(F)(F)F)cc(Cl)n3)cc2c1. The molecule has 0 bridgehead atoms. The Morgan fingerprint density at radius 3 is 2.52 bits per heavy atom. The van der Waals surface area contributed by atoms with E-state index < -0.39 is 17.6 Å². The van der Waals surface area contributed by atoms with Crippen LogP contribution in [0.3, 0.4) is 0 Å². The van der Waals surface area contributed by atoms with Crippen LogP contribution in [0.25, 0.3) is 22.4 Å². The van der Waals surface area contributed by atoms with E-state index in [-0.39, 0.29) is 16.6 Å². The van der Waals surface area contributed by atoms with E-state index in [1.165, 1.54) is 24.3 Å². The second-order valence-electron chi connectivity index (χ2n) is 4.35. The Morgan fingerprint density at radius 2 is 1.81 bits per heavy atom. The lowest BCUT2D eigenvalue weighted by molar-refractivity contribution is -0.137. The van der Waals surface area contributed by atoms with Crippen LogP contribution in [0, 0.1) is 5.82 Å². The number of fused-ring (bicyclic) bond motifs is 1. The fourth-order valence-electron chi connectivity index (χ4n) is 1.93. The Morgan fingerprint density at radius 1 is 1.05 bits per heavy atom. The van der Waals surface area contributed by atoms with E-state index >= 15 is 0 Å². The van der Waals surface area contributed by atoms with Crippen molar-refractivity contribution in [3.05, 3.63) is 52.9 Å². The average Bonchev–Trinajstić information content (AvgIpc) is 2.80. The molecule has 0 aliphatic rings. The van der Waals surface area contributed by atoms with Crippen molar-refractivity contribution in [2.45, 2.75) is 6.18 Å². The highest BCUT2D eigenvalue weighted by Crippen LogP contribution is 2.34. The molecule has 1 aromatic carbocycles. The van der Waals surface area contributed by atoms with Gasteiger partial charge >= 0.3 is 6.18 Å². The van der Waals surface area contributed by atoms with Crippen molar-refractivity contribution >= 4 is 22.6 Å². The van der Waals surface area contributed by atoms with Gasteiger partial charge in [-0.05, 0) is 36.4 Å². The Hall–Kier alpha value is -2.08. The molecule has 0 unspecified atom stereocenters. The first kappa shape index (κ1) is 13.9. The lowest BCUT2D eigenvalue weighted by atomic mass is 10.2. The van der Waals surface area contributed by atoms with E-state index in [1.54, 1.807) is 0 Å². The number of hydrogen-bond acceptors (Lipinski definition) is 2. The molecule has 0 spiro atoms. The highest BCUT2D eigenvalue weighted by Gasteiger charge is 2.32. The summed E-state index contributed by atoms with van der Waals surface area (Å²) in [5.74, 6) is -0.381. The van der Waals surface area contributed by atoms with Crippen molar-refractivity contribution < 1.29 is 22.0 Å². The molecule has 2 heterocycles. The van der Waals surface area contributed by atoms with Crippen LogP contribution in [0.1, 0.15) is 5.56 Å². The van der Waals surface area contributed by atoms with E-state index in [0.29, 0.717) is 11.0 Å². The summed E-state index contributed by atoms with van der Waals surface area (Å²) >= 11 is 5.62. The maximum absolute atomic E-state index is 13.1. The Labute approximate surface area is 121 Å². The number of aromatic nitrogens is 1. The molecule has 7 heteroatoms. The zero-order chi connectivity index (χ0) is 15.2. The number of alkyl halides is 3. The number of pyridine rings is 1. The molecule has 0 N–H and O–H groups in total. The van der Waals surface area contributed by atoms with E-state index in [0.717, 1.165) is 12.1 Å². The van der Waals surface area contributed by atoms with Gasteiger partial charge in [0.15, 0.2) is 5.76 Å². The topological polar surface area (TPSA) is 26.0 Å². The minimum Gasteiger partial charge on any atom is -0.454 e. The molecule has 0 atom stereocenters. The fourth-order valence-corrected chi connectivity index (χ4v) is 2.14. The zero-order valence-corrected chi connectivity index (χ0v) is 11.0. The minimum absolute atomic E-state index is 0.0635. The first-order chi connectivity index (χ1) is 9.83. The number of nitrogens with zero attached hydrogens (tertiary/aromatic N) is 1. The number of hydrogen-bond donors (Lipinski definition) is 0. The molecule has 3 rings (SSSR count). The van der Waals surface area contributed by atoms with Crippen LogP contribution >= 0.6 is 11.6 Å². The largest absolute Gasteiger partial charge is 0.454 e. The normalized spacial score (nSPS) is 12.0. The minimum atomic E-state index is -4.54. The van der Waals surface area contributed by atoms with Crippen molar-refractivity contribution in [3.63, 3.8) is 0 Å². The van der Waals surface area contributed by atoms with Crippen LogP contribution in [-0.2, 0) is 6.18 Å². The summed E-state index contributed by atoms with van der Waals surface area (Å²) in [7, 11) is 0. The lowest BCUT2D eigenvalue weighted by Gasteiger charge is -2.07. The predicted octanol–water partition coefficient (Wildman–Crippen LogP) is 5.31. The summed E-state index contributed by atoms with van der Waals surface area (Å²) in [6.45, 7) is 0. The van der Waals surface area contributed by atoms with Gasteiger partial charge in [-0.15, -0.1) is 0 Å². The van der Waals surface area contributed by atoms with Crippen LogP contribution in [-0.4, -0.2) is 4.98 Å². The van der Waals surface area contributed by atoms with Crippen LogP contribution < -0.4 is 0 Å². The molecule has 108 valence electrons. The molecule has 0 amide bonds.